The molecule has 1 atom stereocenters. The summed E-state index contributed by atoms with van der Waals surface area (Å²) < 4.78 is 10.7. The fourth-order valence-corrected chi connectivity index (χ4v) is 1.95. The van der Waals surface area contributed by atoms with Crippen LogP contribution in [0.2, 0.25) is 0 Å². The van der Waals surface area contributed by atoms with Gasteiger partial charge in [0.15, 0.2) is 0 Å². The lowest BCUT2D eigenvalue weighted by Crippen LogP contribution is -2.22. The first-order valence-electron chi connectivity index (χ1n) is 5.25. The van der Waals surface area contributed by atoms with Gasteiger partial charge in [-0.05, 0) is 18.6 Å². The molecule has 1 aromatic heterocycles. The lowest BCUT2D eigenvalue weighted by Gasteiger charge is -2.13. The first-order valence-corrected chi connectivity index (χ1v) is 5.25. The molecule has 1 aromatic rings. The number of hydrogen-bond donors (Lipinski definition) is 1. The van der Waals surface area contributed by atoms with Gasteiger partial charge in [-0.15, -0.1) is 0 Å². The standard InChI is InChI=1S/C11H17NO3/c1-14-9-4-5-12(6-9)7-10-2-3-11(8-13)15-10/h2-3,9,13H,4-8H2,1H3/t9-/m0/s1. The minimum Gasteiger partial charge on any atom is -0.462 e. The number of hydrogen-bond acceptors (Lipinski definition) is 4. The van der Waals surface area contributed by atoms with Crippen LogP contribution in [0.4, 0.5) is 0 Å². The van der Waals surface area contributed by atoms with E-state index < -0.39 is 0 Å². The molecule has 2 heterocycles. The first kappa shape index (κ1) is 10.7. The molecule has 15 heavy (non-hydrogen) atoms. The minimum absolute atomic E-state index is 0.0271. The van der Waals surface area contributed by atoms with Gasteiger partial charge in [0.05, 0.1) is 12.6 Å². The monoisotopic (exact) mass is 211 g/mol. The van der Waals surface area contributed by atoms with Crippen molar-refractivity contribution in [3.8, 4) is 0 Å². The van der Waals surface area contributed by atoms with E-state index in [4.69, 9.17) is 14.3 Å². The van der Waals surface area contributed by atoms with E-state index >= 15 is 0 Å². The van der Waals surface area contributed by atoms with Gasteiger partial charge in [-0.1, -0.05) is 0 Å². The van der Waals surface area contributed by atoms with Crippen LogP contribution in [0.5, 0.6) is 0 Å². The van der Waals surface area contributed by atoms with Crippen molar-refractivity contribution in [1.29, 1.82) is 0 Å². The fraction of sp³-hybridized carbons (Fsp3) is 0.636. The van der Waals surface area contributed by atoms with Gasteiger partial charge in [-0.2, -0.15) is 0 Å². The van der Waals surface area contributed by atoms with E-state index in [-0.39, 0.29) is 6.61 Å². The maximum absolute atomic E-state index is 8.86. The van der Waals surface area contributed by atoms with Crippen molar-refractivity contribution in [2.45, 2.75) is 25.7 Å². The molecule has 84 valence electrons. The van der Waals surface area contributed by atoms with Gasteiger partial charge < -0.3 is 14.3 Å². The molecule has 2 rings (SSSR count). The normalized spacial score (nSPS) is 22.4. The molecule has 1 fully saturated rings. The van der Waals surface area contributed by atoms with Gasteiger partial charge in [0.2, 0.25) is 0 Å². The van der Waals surface area contributed by atoms with Gasteiger partial charge in [-0.25, -0.2) is 0 Å². The molecule has 0 bridgehead atoms. The smallest absolute Gasteiger partial charge is 0.129 e. The topological polar surface area (TPSA) is 45.8 Å². The highest BCUT2D eigenvalue weighted by Gasteiger charge is 2.22. The first-order chi connectivity index (χ1) is 7.31. The van der Waals surface area contributed by atoms with Crippen molar-refractivity contribution in [3.05, 3.63) is 23.7 Å². The van der Waals surface area contributed by atoms with E-state index in [1.165, 1.54) is 0 Å². The Labute approximate surface area is 89.4 Å². The number of nitrogens with zero attached hydrogens (tertiary/aromatic N) is 1. The number of likely N-dealkylation sites (tertiary alicyclic amines) is 1. The third kappa shape index (κ3) is 2.59. The number of rotatable bonds is 4. The van der Waals surface area contributed by atoms with Crippen molar-refractivity contribution in [2.75, 3.05) is 20.2 Å². The molecule has 1 aliphatic rings. The summed E-state index contributed by atoms with van der Waals surface area (Å²) in [5.41, 5.74) is 0. The summed E-state index contributed by atoms with van der Waals surface area (Å²) in [6.45, 7) is 2.79. The maximum atomic E-state index is 8.86. The molecule has 0 spiro atoms. The lowest BCUT2D eigenvalue weighted by molar-refractivity contribution is 0.106. The zero-order chi connectivity index (χ0) is 10.7. The fourth-order valence-electron chi connectivity index (χ4n) is 1.95. The SMILES string of the molecule is CO[C@H]1CCN(Cc2ccc(CO)o2)C1. The van der Waals surface area contributed by atoms with Crippen LogP contribution in [-0.2, 0) is 17.9 Å². The number of aliphatic hydroxyl groups is 1. The molecule has 1 aliphatic heterocycles. The number of ether oxygens (including phenoxy) is 1. The van der Waals surface area contributed by atoms with Crippen molar-refractivity contribution < 1.29 is 14.3 Å². The Morgan fingerprint density at radius 1 is 1.53 bits per heavy atom. The highest BCUT2D eigenvalue weighted by molar-refractivity contribution is 5.06. The second kappa shape index (κ2) is 4.79. The predicted octanol–water partition coefficient (Wildman–Crippen LogP) is 0.993. The van der Waals surface area contributed by atoms with Crippen LogP contribution >= 0.6 is 0 Å². The van der Waals surface area contributed by atoms with Gasteiger partial charge in [0.25, 0.3) is 0 Å². The Balaban J connectivity index is 1.87. The van der Waals surface area contributed by atoms with Gasteiger partial charge in [0, 0.05) is 20.2 Å². The average Bonchev–Trinajstić information content (AvgIpc) is 2.87. The van der Waals surface area contributed by atoms with E-state index in [2.05, 4.69) is 4.90 Å². The number of furan rings is 1. The van der Waals surface area contributed by atoms with Crippen LogP contribution in [0.25, 0.3) is 0 Å². The summed E-state index contributed by atoms with van der Waals surface area (Å²) in [6.07, 6.45) is 1.45. The zero-order valence-corrected chi connectivity index (χ0v) is 8.98. The Morgan fingerprint density at radius 3 is 2.93 bits per heavy atom. The molecular formula is C11H17NO3. The Kier molecular flexibility index (Phi) is 3.41. The Bertz CT molecular complexity index is 311. The molecule has 0 unspecified atom stereocenters. The maximum Gasteiger partial charge on any atom is 0.129 e. The number of aliphatic hydroxyl groups excluding tert-OH is 1. The predicted molar refractivity (Wildman–Crippen MR) is 55.3 cm³/mol. The van der Waals surface area contributed by atoms with Gasteiger partial charge in [-0.3, -0.25) is 4.90 Å². The lowest BCUT2D eigenvalue weighted by atomic mass is 10.3. The molecular weight excluding hydrogens is 194 g/mol. The highest BCUT2D eigenvalue weighted by Crippen LogP contribution is 2.16. The van der Waals surface area contributed by atoms with Crippen molar-refractivity contribution in [1.82, 2.24) is 4.90 Å². The van der Waals surface area contributed by atoms with Gasteiger partial charge >= 0.3 is 0 Å². The summed E-state index contributed by atoms with van der Waals surface area (Å²) in [7, 11) is 1.75. The minimum atomic E-state index is -0.0271. The van der Waals surface area contributed by atoms with Crippen LogP contribution in [-0.4, -0.2) is 36.3 Å². The van der Waals surface area contributed by atoms with Crippen LogP contribution < -0.4 is 0 Å². The Morgan fingerprint density at radius 2 is 2.33 bits per heavy atom. The molecule has 1 N–H and O–H groups in total. The van der Waals surface area contributed by atoms with E-state index in [1.807, 2.05) is 12.1 Å². The summed E-state index contributed by atoms with van der Waals surface area (Å²) in [6, 6.07) is 3.74. The van der Waals surface area contributed by atoms with Crippen molar-refractivity contribution in [2.24, 2.45) is 0 Å². The molecule has 0 aromatic carbocycles. The van der Waals surface area contributed by atoms with Crippen molar-refractivity contribution in [3.63, 3.8) is 0 Å². The summed E-state index contributed by atoms with van der Waals surface area (Å²) in [5, 5.41) is 8.86. The van der Waals surface area contributed by atoms with Crippen LogP contribution in [0, 0.1) is 0 Å². The van der Waals surface area contributed by atoms with E-state index in [0.29, 0.717) is 11.9 Å². The number of methoxy groups -OCH3 is 1. The second-order valence-electron chi connectivity index (χ2n) is 3.91. The summed E-state index contributed by atoms with van der Waals surface area (Å²) >= 11 is 0. The van der Waals surface area contributed by atoms with Gasteiger partial charge in [0.1, 0.15) is 18.1 Å². The van der Waals surface area contributed by atoms with Crippen LogP contribution in [0.3, 0.4) is 0 Å². The Hall–Kier alpha value is -0.840. The third-order valence-electron chi connectivity index (χ3n) is 2.82. The largest absolute Gasteiger partial charge is 0.462 e. The van der Waals surface area contributed by atoms with Crippen LogP contribution in [0.1, 0.15) is 17.9 Å². The molecule has 0 radical (unpaired) electrons. The molecule has 0 saturated carbocycles. The average molecular weight is 211 g/mol. The van der Waals surface area contributed by atoms with Crippen molar-refractivity contribution >= 4 is 0 Å². The van der Waals surface area contributed by atoms with Crippen LogP contribution in [0.15, 0.2) is 16.5 Å². The molecule has 4 nitrogen and oxygen atoms in total. The van der Waals surface area contributed by atoms with E-state index in [1.54, 1.807) is 7.11 Å². The molecule has 1 saturated heterocycles. The quantitative estimate of drug-likeness (QED) is 0.806. The van der Waals surface area contributed by atoms with E-state index in [0.717, 1.165) is 31.8 Å². The molecule has 0 aliphatic carbocycles. The molecule has 0 amide bonds. The summed E-state index contributed by atoms with van der Waals surface area (Å²) in [5.74, 6) is 1.54. The third-order valence-corrected chi connectivity index (χ3v) is 2.82. The van der Waals surface area contributed by atoms with E-state index in [9.17, 15) is 0 Å². The zero-order valence-electron chi connectivity index (χ0n) is 8.98. The molecule has 4 heteroatoms. The highest BCUT2D eigenvalue weighted by atomic mass is 16.5. The second-order valence-corrected chi connectivity index (χ2v) is 3.91. The summed E-state index contributed by atoms with van der Waals surface area (Å²) in [4.78, 5) is 2.30.